The minimum absolute atomic E-state index is 0.110. The summed E-state index contributed by atoms with van der Waals surface area (Å²) in [6, 6.07) is 25.8. The van der Waals surface area contributed by atoms with E-state index in [4.69, 9.17) is 9.47 Å². The van der Waals surface area contributed by atoms with Crippen molar-refractivity contribution in [2.75, 3.05) is 12.4 Å². The van der Waals surface area contributed by atoms with Crippen molar-refractivity contribution in [1.29, 1.82) is 5.26 Å². The second kappa shape index (κ2) is 11.1. The molecule has 0 saturated carbocycles. The maximum atomic E-state index is 13.1. The molecule has 1 N–H and O–H groups in total. The minimum Gasteiger partial charge on any atom is -0.493 e. The monoisotopic (exact) mass is 494 g/mol. The van der Waals surface area contributed by atoms with Crippen molar-refractivity contribution in [2.45, 2.75) is 13.5 Å². The molecule has 0 fully saturated rings. The van der Waals surface area contributed by atoms with Crippen LogP contribution in [0, 0.1) is 18.3 Å². The number of nitriles is 1. The van der Waals surface area contributed by atoms with Crippen LogP contribution in [0.15, 0.2) is 89.2 Å². The van der Waals surface area contributed by atoms with Crippen LogP contribution in [-0.2, 0) is 18.4 Å². The summed E-state index contributed by atoms with van der Waals surface area (Å²) in [5.74, 6) is 0.316. The highest BCUT2D eigenvalue weighted by Gasteiger charge is 2.20. The Morgan fingerprint density at radius 2 is 1.70 bits per heavy atom. The minimum atomic E-state index is -0.684. The largest absolute Gasteiger partial charge is 0.493 e. The van der Waals surface area contributed by atoms with Gasteiger partial charge in [0.15, 0.2) is 11.5 Å². The lowest BCUT2D eigenvalue weighted by Gasteiger charge is -2.12. The number of rotatable bonds is 8. The van der Waals surface area contributed by atoms with Crippen LogP contribution in [0.1, 0.15) is 16.8 Å². The highest BCUT2D eigenvalue weighted by molar-refractivity contribution is 6.09. The average molecular weight is 495 g/mol. The van der Waals surface area contributed by atoms with E-state index in [0.29, 0.717) is 35.1 Å². The lowest BCUT2D eigenvalue weighted by atomic mass is 10.1. The number of anilines is 1. The van der Waals surface area contributed by atoms with E-state index in [0.717, 1.165) is 5.56 Å². The Balaban J connectivity index is 1.59. The lowest BCUT2D eigenvalue weighted by molar-refractivity contribution is -0.112. The van der Waals surface area contributed by atoms with Crippen LogP contribution in [0.25, 0.3) is 11.8 Å². The van der Waals surface area contributed by atoms with Gasteiger partial charge < -0.3 is 14.8 Å². The molecule has 4 rings (SSSR count). The maximum Gasteiger partial charge on any atom is 0.295 e. The molecule has 4 aromatic rings. The van der Waals surface area contributed by atoms with E-state index in [2.05, 4.69) is 5.32 Å². The SMILES string of the molecule is COc1ccc(/C=C(\C#N)C(=O)Nc2c(C)n(C)n(-c3ccccc3)c2=O)cc1OCc1ccccc1. The second-order valence-electron chi connectivity index (χ2n) is 8.25. The Kier molecular flexibility index (Phi) is 7.55. The zero-order valence-corrected chi connectivity index (χ0v) is 20.8. The molecule has 8 heteroatoms. The van der Waals surface area contributed by atoms with Gasteiger partial charge in [0.1, 0.15) is 23.9 Å². The van der Waals surface area contributed by atoms with Crippen LogP contribution in [-0.4, -0.2) is 22.4 Å². The molecule has 1 heterocycles. The van der Waals surface area contributed by atoms with Gasteiger partial charge in [-0.15, -0.1) is 0 Å². The van der Waals surface area contributed by atoms with Crippen LogP contribution in [0.4, 0.5) is 5.69 Å². The van der Waals surface area contributed by atoms with Crippen LogP contribution in [0.2, 0.25) is 0 Å². The first-order valence-corrected chi connectivity index (χ1v) is 11.5. The summed E-state index contributed by atoms with van der Waals surface area (Å²) in [5, 5.41) is 12.3. The van der Waals surface area contributed by atoms with Gasteiger partial charge >= 0.3 is 0 Å². The number of hydrogen-bond acceptors (Lipinski definition) is 5. The number of benzene rings is 3. The van der Waals surface area contributed by atoms with Crippen LogP contribution >= 0.6 is 0 Å². The number of nitrogens with one attached hydrogen (secondary N) is 1. The number of nitrogens with zero attached hydrogens (tertiary/aromatic N) is 3. The molecule has 0 saturated heterocycles. The van der Waals surface area contributed by atoms with E-state index in [-0.39, 0.29) is 11.3 Å². The Bertz CT molecular complexity index is 1540. The van der Waals surface area contributed by atoms with Gasteiger partial charge in [0.05, 0.1) is 18.5 Å². The molecule has 1 aromatic heterocycles. The van der Waals surface area contributed by atoms with Gasteiger partial charge in [-0.2, -0.15) is 5.26 Å². The second-order valence-corrected chi connectivity index (χ2v) is 8.25. The Hall–Kier alpha value is -5.03. The fourth-order valence-electron chi connectivity index (χ4n) is 3.84. The number of carbonyl (C=O) groups excluding carboxylic acids is 1. The molecule has 0 spiro atoms. The van der Waals surface area contributed by atoms with Gasteiger partial charge in [-0.1, -0.05) is 54.6 Å². The van der Waals surface area contributed by atoms with E-state index < -0.39 is 11.5 Å². The van der Waals surface area contributed by atoms with Crippen molar-refractivity contribution in [2.24, 2.45) is 7.05 Å². The van der Waals surface area contributed by atoms with E-state index in [9.17, 15) is 14.9 Å². The summed E-state index contributed by atoms with van der Waals surface area (Å²) >= 11 is 0. The molecule has 3 aromatic carbocycles. The molecule has 0 radical (unpaired) electrons. The van der Waals surface area contributed by atoms with Crippen molar-refractivity contribution < 1.29 is 14.3 Å². The molecule has 0 aliphatic heterocycles. The lowest BCUT2D eigenvalue weighted by Crippen LogP contribution is -2.23. The zero-order valence-electron chi connectivity index (χ0n) is 20.8. The standard InChI is InChI=1S/C29H26N4O4/c1-20-27(29(35)33(32(20)2)24-12-8-5-9-13-24)31-28(34)23(18-30)16-22-14-15-25(36-3)26(17-22)37-19-21-10-6-4-7-11-21/h4-17H,19H2,1-3H3,(H,31,34)/b23-16+. The molecule has 186 valence electrons. The number of amides is 1. The molecule has 8 nitrogen and oxygen atoms in total. The summed E-state index contributed by atoms with van der Waals surface area (Å²) in [4.78, 5) is 26.1. The first-order valence-electron chi connectivity index (χ1n) is 11.5. The molecular formula is C29H26N4O4. The Morgan fingerprint density at radius 1 is 1.03 bits per heavy atom. The molecular weight excluding hydrogens is 468 g/mol. The molecule has 0 unspecified atom stereocenters. The summed E-state index contributed by atoms with van der Waals surface area (Å²) in [7, 11) is 3.27. The van der Waals surface area contributed by atoms with E-state index in [1.54, 1.807) is 56.1 Å². The number of carbonyl (C=O) groups is 1. The normalized spacial score (nSPS) is 11.0. The summed E-state index contributed by atoms with van der Waals surface area (Å²) in [6.45, 7) is 2.06. The van der Waals surface area contributed by atoms with Crippen molar-refractivity contribution in [3.05, 3.63) is 112 Å². The molecule has 0 bridgehead atoms. The number of methoxy groups -OCH3 is 1. The fourth-order valence-corrected chi connectivity index (χ4v) is 3.84. The first kappa shape index (κ1) is 25.1. The summed E-state index contributed by atoms with van der Waals surface area (Å²) in [5.41, 5.74) is 2.34. The van der Waals surface area contributed by atoms with Gasteiger partial charge in [0.25, 0.3) is 11.5 Å². The molecule has 0 aliphatic carbocycles. The van der Waals surface area contributed by atoms with Crippen LogP contribution in [0.3, 0.4) is 0 Å². The van der Waals surface area contributed by atoms with Gasteiger partial charge in [0, 0.05) is 7.05 Å². The Labute approximate surface area is 214 Å². The topological polar surface area (TPSA) is 98.3 Å². The van der Waals surface area contributed by atoms with E-state index in [1.165, 1.54) is 10.8 Å². The third kappa shape index (κ3) is 5.46. The first-order chi connectivity index (χ1) is 17.9. The maximum absolute atomic E-state index is 13.1. The molecule has 1 amide bonds. The molecule has 0 atom stereocenters. The van der Waals surface area contributed by atoms with Crippen molar-refractivity contribution in [1.82, 2.24) is 9.36 Å². The van der Waals surface area contributed by atoms with Crippen LogP contribution < -0.4 is 20.3 Å². The predicted octanol–water partition coefficient (Wildman–Crippen LogP) is 4.62. The highest BCUT2D eigenvalue weighted by atomic mass is 16.5. The number of ether oxygens (including phenoxy) is 2. The van der Waals surface area contributed by atoms with Gasteiger partial charge in [0.2, 0.25) is 0 Å². The summed E-state index contributed by atoms with van der Waals surface area (Å²) in [6.07, 6.45) is 1.44. The molecule has 37 heavy (non-hydrogen) atoms. The van der Waals surface area contributed by atoms with Crippen molar-refractivity contribution in [3.8, 4) is 23.3 Å². The number of para-hydroxylation sites is 1. The van der Waals surface area contributed by atoms with E-state index in [1.807, 2.05) is 54.6 Å². The van der Waals surface area contributed by atoms with Gasteiger partial charge in [-0.05, 0) is 48.4 Å². The molecule has 0 aliphatic rings. The van der Waals surface area contributed by atoms with Gasteiger partial charge in [-0.25, -0.2) is 4.68 Å². The zero-order chi connectivity index (χ0) is 26.4. The smallest absolute Gasteiger partial charge is 0.295 e. The highest BCUT2D eigenvalue weighted by Crippen LogP contribution is 2.30. The quantitative estimate of drug-likeness (QED) is 0.285. The van der Waals surface area contributed by atoms with Crippen molar-refractivity contribution in [3.63, 3.8) is 0 Å². The third-order valence-electron chi connectivity index (χ3n) is 5.89. The van der Waals surface area contributed by atoms with Crippen LogP contribution in [0.5, 0.6) is 11.5 Å². The fraction of sp³-hybridized carbons (Fsp3) is 0.138. The number of aromatic nitrogens is 2. The van der Waals surface area contributed by atoms with Crippen molar-refractivity contribution >= 4 is 17.7 Å². The Morgan fingerprint density at radius 3 is 2.35 bits per heavy atom. The van der Waals surface area contributed by atoms with E-state index >= 15 is 0 Å². The number of hydrogen-bond donors (Lipinski definition) is 1. The van der Waals surface area contributed by atoms with Gasteiger partial charge in [-0.3, -0.25) is 14.3 Å². The predicted molar refractivity (Wildman–Crippen MR) is 142 cm³/mol. The third-order valence-corrected chi connectivity index (χ3v) is 5.89. The average Bonchev–Trinajstić information content (AvgIpc) is 3.14. The summed E-state index contributed by atoms with van der Waals surface area (Å²) < 4.78 is 14.4.